The van der Waals surface area contributed by atoms with Crippen LogP contribution in [0.3, 0.4) is 0 Å². The van der Waals surface area contributed by atoms with Gasteiger partial charge in [-0.25, -0.2) is 0 Å². The van der Waals surface area contributed by atoms with Crippen molar-refractivity contribution in [2.45, 2.75) is 27.3 Å². The van der Waals surface area contributed by atoms with Gasteiger partial charge in [-0.05, 0) is 51.1 Å². The van der Waals surface area contributed by atoms with Crippen molar-refractivity contribution in [3.8, 4) is 5.75 Å². The van der Waals surface area contributed by atoms with E-state index in [9.17, 15) is 14.4 Å². The van der Waals surface area contributed by atoms with Gasteiger partial charge in [-0.15, -0.1) is 0 Å². The van der Waals surface area contributed by atoms with E-state index in [4.69, 9.17) is 4.74 Å². The molecule has 0 atom stereocenters. The molecule has 1 aromatic heterocycles. The van der Waals surface area contributed by atoms with Crippen molar-refractivity contribution in [2.75, 3.05) is 31.6 Å². The van der Waals surface area contributed by atoms with Crippen LogP contribution in [0.5, 0.6) is 5.75 Å². The lowest BCUT2D eigenvalue weighted by Crippen LogP contribution is -2.36. The number of hydrogen-bond acceptors (Lipinski definition) is 4. The molecular weight excluding hydrogens is 406 g/mol. The summed E-state index contributed by atoms with van der Waals surface area (Å²) in [5, 5.41) is 0.656. The van der Waals surface area contributed by atoms with Gasteiger partial charge in [0.05, 0.1) is 12.7 Å². The minimum Gasteiger partial charge on any atom is -0.497 e. The summed E-state index contributed by atoms with van der Waals surface area (Å²) in [4.78, 5) is 42.3. The van der Waals surface area contributed by atoms with Crippen molar-refractivity contribution in [2.24, 2.45) is 0 Å². The number of fused-ring (bicyclic) bond motifs is 1. The average molecular weight is 436 g/mol. The molecule has 0 N–H and O–H groups in total. The Morgan fingerprint density at radius 2 is 1.56 bits per heavy atom. The van der Waals surface area contributed by atoms with E-state index in [1.807, 2.05) is 39.0 Å². The second-order valence-corrected chi connectivity index (χ2v) is 7.33. The van der Waals surface area contributed by atoms with E-state index in [-0.39, 0.29) is 12.5 Å². The SMILES string of the molecule is CCN(CC)C(=O)Cn1cc(C(=O)C(=O)N(CC)c2ccc(OC)cc2)c2ccccc21. The molecule has 2 aromatic carbocycles. The Morgan fingerprint density at radius 1 is 0.906 bits per heavy atom. The van der Waals surface area contributed by atoms with Crippen LogP contribution in [0, 0.1) is 0 Å². The zero-order valence-corrected chi connectivity index (χ0v) is 19.0. The molecule has 2 amide bonds. The Bertz CT molecular complexity index is 1110. The maximum atomic E-state index is 13.3. The van der Waals surface area contributed by atoms with Gasteiger partial charge in [0.25, 0.3) is 11.7 Å². The Hall–Kier alpha value is -3.61. The van der Waals surface area contributed by atoms with E-state index in [1.165, 1.54) is 4.90 Å². The van der Waals surface area contributed by atoms with Crippen LogP contribution in [-0.4, -0.2) is 53.8 Å². The van der Waals surface area contributed by atoms with Crippen LogP contribution in [0.4, 0.5) is 5.69 Å². The minimum atomic E-state index is -0.615. The third-order valence-electron chi connectivity index (χ3n) is 5.59. The van der Waals surface area contributed by atoms with Gasteiger partial charge in [-0.3, -0.25) is 14.4 Å². The van der Waals surface area contributed by atoms with Crippen molar-refractivity contribution in [3.63, 3.8) is 0 Å². The number of nitrogens with zero attached hydrogens (tertiary/aromatic N) is 3. The molecule has 0 fully saturated rings. The third-order valence-corrected chi connectivity index (χ3v) is 5.59. The minimum absolute atomic E-state index is 0.0329. The van der Waals surface area contributed by atoms with Gasteiger partial charge in [0.1, 0.15) is 12.3 Å². The number of para-hydroxylation sites is 1. The quantitative estimate of drug-likeness (QED) is 0.379. The number of rotatable bonds is 9. The first kappa shape index (κ1) is 23.1. The zero-order valence-electron chi connectivity index (χ0n) is 19.0. The molecular formula is C25H29N3O4. The Kier molecular flexibility index (Phi) is 7.30. The largest absolute Gasteiger partial charge is 0.497 e. The molecule has 3 aromatic rings. The van der Waals surface area contributed by atoms with E-state index in [0.717, 1.165) is 5.52 Å². The third kappa shape index (κ3) is 4.51. The summed E-state index contributed by atoms with van der Waals surface area (Å²) in [6, 6.07) is 14.3. The average Bonchev–Trinajstić information content (AvgIpc) is 3.18. The Labute approximate surface area is 188 Å². The maximum absolute atomic E-state index is 13.3. The molecule has 0 saturated carbocycles. The summed E-state index contributed by atoms with van der Waals surface area (Å²) < 4.78 is 6.92. The lowest BCUT2D eigenvalue weighted by atomic mass is 10.1. The highest BCUT2D eigenvalue weighted by Gasteiger charge is 2.27. The number of methoxy groups -OCH3 is 1. The normalized spacial score (nSPS) is 10.8. The van der Waals surface area contributed by atoms with E-state index >= 15 is 0 Å². The number of amides is 2. The molecule has 168 valence electrons. The molecule has 0 saturated heterocycles. The van der Waals surface area contributed by atoms with Crippen LogP contribution in [0.2, 0.25) is 0 Å². The summed E-state index contributed by atoms with van der Waals surface area (Å²) in [7, 11) is 1.57. The van der Waals surface area contributed by atoms with Gasteiger partial charge >= 0.3 is 0 Å². The number of benzene rings is 2. The van der Waals surface area contributed by atoms with Crippen LogP contribution >= 0.6 is 0 Å². The number of hydrogen-bond donors (Lipinski definition) is 0. The molecule has 1 heterocycles. The standard InChI is InChI=1S/C25H29N3O4/c1-5-26(6-2)23(29)17-27-16-21(20-10-8-9-11-22(20)27)24(30)25(31)28(7-3)18-12-14-19(32-4)15-13-18/h8-16H,5-7,17H2,1-4H3. The van der Waals surface area contributed by atoms with E-state index in [1.54, 1.807) is 53.1 Å². The number of carbonyl (C=O) groups excluding carboxylic acids is 3. The lowest BCUT2D eigenvalue weighted by Gasteiger charge is -2.20. The maximum Gasteiger partial charge on any atom is 0.299 e. The number of anilines is 1. The van der Waals surface area contributed by atoms with Crippen molar-refractivity contribution in [1.29, 1.82) is 0 Å². The molecule has 0 aliphatic carbocycles. The van der Waals surface area contributed by atoms with Gasteiger partial charge in [0.15, 0.2) is 0 Å². The van der Waals surface area contributed by atoms with Gasteiger partial charge in [-0.1, -0.05) is 18.2 Å². The monoisotopic (exact) mass is 435 g/mol. The van der Waals surface area contributed by atoms with Crippen LogP contribution in [-0.2, 0) is 16.1 Å². The number of carbonyl (C=O) groups is 3. The van der Waals surface area contributed by atoms with Crippen LogP contribution in [0.15, 0.2) is 54.7 Å². The fourth-order valence-electron chi connectivity index (χ4n) is 3.82. The van der Waals surface area contributed by atoms with Crippen LogP contribution < -0.4 is 9.64 Å². The van der Waals surface area contributed by atoms with Crippen molar-refractivity contribution in [1.82, 2.24) is 9.47 Å². The number of ketones is 1. The molecule has 0 aliphatic heterocycles. The fourth-order valence-corrected chi connectivity index (χ4v) is 3.82. The van der Waals surface area contributed by atoms with Gasteiger partial charge < -0.3 is 19.1 Å². The Balaban J connectivity index is 1.94. The first-order chi connectivity index (χ1) is 15.4. The lowest BCUT2D eigenvalue weighted by molar-refractivity contribution is -0.131. The Morgan fingerprint density at radius 3 is 2.16 bits per heavy atom. The molecule has 0 radical (unpaired) electrons. The second kappa shape index (κ2) is 10.1. The predicted octanol–water partition coefficient (Wildman–Crippen LogP) is 3.75. The molecule has 0 spiro atoms. The van der Waals surface area contributed by atoms with Gasteiger partial charge in [-0.2, -0.15) is 0 Å². The van der Waals surface area contributed by atoms with Crippen molar-refractivity contribution >= 4 is 34.2 Å². The number of aromatic nitrogens is 1. The molecule has 3 rings (SSSR count). The summed E-state index contributed by atoms with van der Waals surface area (Å²) in [6.07, 6.45) is 1.62. The fraction of sp³-hybridized carbons (Fsp3) is 0.320. The molecule has 7 heteroatoms. The summed E-state index contributed by atoms with van der Waals surface area (Å²) in [5.74, 6) is -0.581. The highest BCUT2D eigenvalue weighted by Crippen LogP contribution is 2.25. The molecule has 7 nitrogen and oxygen atoms in total. The van der Waals surface area contributed by atoms with Crippen LogP contribution in [0.1, 0.15) is 31.1 Å². The number of likely N-dealkylation sites (N-methyl/N-ethyl adjacent to an activating group) is 2. The van der Waals surface area contributed by atoms with Crippen molar-refractivity contribution < 1.29 is 19.1 Å². The van der Waals surface area contributed by atoms with E-state index in [0.29, 0.717) is 42.0 Å². The second-order valence-electron chi connectivity index (χ2n) is 7.33. The first-order valence-electron chi connectivity index (χ1n) is 10.8. The summed E-state index contributed by atoms with van der Waals surface area (Å²) in [6.45, 7) is 7.37. The van der Waals surface area contributed by atoms with Gasteiger partial charge in [0.2, 0.25) is 5.91 Å². The van der Waals surface area contributed by atoms with E-state index in [2.05, 4.69) is 0 Å². The highest BCUT2D eigenvalue weighted by atomic mass is 16.5. The summed E-state index contributed by atoms with van der Waals surface area (Å²) in [5.41, 5.74) is 1.66. The number of Topliss-reactive ketones (excluding diaryl/α,β-unsaturated/α-hetero) is 1. The number of ether oxygens (including phenoxy) is 1. The molecule has 0 aliphatic rings. The molecule has 32 heavy (non-hydrogen) atoms. The van der Waals surface area contributed by atoms with Gasteiger partial charge in [0, 0.05) is 42.4 Å². The highest BCUT2D eigenvalue weighted by molar-refractivity contribution is 6.48. The van der Waals surface area contributed by atoms with Crippen LogP contribution in [0.25, 0.3) is 10.9 Å². The molecule has 0 bridgehead atoms. The zero-order chi connectivity index (χ0) is 23.3. The smallest absolute Gasteiger partial charge is 0.299 e. The topological polar surface area (TPSA) is 71.9 Å². The van der Waals surface area contributed by atoms with E-state index < -0.39 is 11.7 Å². The first-order valence-corrected chi connectivity index (χ1v) is 10.8. The molecule has 0 unspecified atom stereocenters. The summed E-state index contributed by atoms with van der Waals surface area (Å²) >= 11 is 0. The predicted molar refractivity (Wildman–Crippen MR) is 125 cm³/mol. The van der Waals surface area contributed by atoms with Crippen molar-refractivity contribution in [3.05, 3.63) is 60.3 Å².